The average Bonchev–Trinajstić information content (AvgIpc) is 2.01. The number of halogens is 1. The van der Waals surface area contributed by atoms with Gasteiger partial charge in [-0.05, 0) is 6.07 Å². The molecule has 1 rings (SSSR count). The normalized spacial score (nSPS) is 9.18. The molecule has 0 saturated heterocycles. The van der Waals surface area contributed by atoms with Gasteiger partial charge in [0.05, 0.1) is 0 Å². The summed E-state index contributed by atoms with van der Waals surface area (Å²) in [4.78, 5) is 3.47. The summed E-state index contributed by atoms with van der Waals surface area (Å²) < 4.78 is 17.3. The molecule has 0 radical (unpaired) electrons. The third-order valence-corrected chi connectivity index (χ3v) is 1.04. The van der Waals surface area contributed by atoms with Crippen molar-refractivity contribution in [2.45, 2.75) is 0 Å². The Hall–Kier alpha value is -1.38. The molecule has 58 valence electrons. The van der Waals surface area contributed by atoms with Crippen molar-refractivity contribution < 1.29 is 9.13 Å². The summed E-state index contributed by atoms with van der Waals surface area (Å²) in [7, 11) is 0. The highest BCUT2D eigenvalue weighted by atomic mass is 19.1. The molecule has 0 atom stereocenters. The molecule has 3 heteroatoms. The van der Waals surface area contributed by atoms with Crippen LogP contribution in [0.25, 0.3) is 0 Å². The summed E-state index contributed by atoms with van der Waals surface area (Å²) in [6.45, 7) is 3.80. The number of pyridine rings is 1. The Labute approximate surface area is 64.3 Å². The summed E-state index contributed by atoms with van der Waals surface area (Å²) >= 11 is 0. The fraction of sp³-hybridized carbons (Fsp3) is 0.125. The first-order chi connectivity index (χ1) is 5.33. The first kappa shape index (κ1) is 7.72. The standard InChI is InChI=1S/C8H8FNO/c1-2-6-11-8-5-3-4-7(9)10-8/h2-5H,1,6H2. The fourth-order valence-electron chi connectivity index (χ4n) is 0.614. The van der Waals surface area contributed by atoms with Gasteiger partial charge in [-0.2, -0.15) is 9.37 Å². The van der Waals surface area contributed by atoms with E-state index in [1.165, 1.54) is 6.07 Å². The Morgan fingerprint density at radius 2 is 2.45 bits per heavy atom. The molecule has 11 heavy (non-hydrogen) atoms. The molecule has 0 aromatic carbocycles. The van der Waals surface area contributed by atoms with Crippen molar-refractivity contribution in [2.24, 2.45) is 0 Å². The van der Waals surface area contributed by atoms with Crippen LogP contribution in [0.15, 0.2) is 30.9 Å². The summed E-state index contributed by atoms with van der Waals surface area (Å²) in [6.07, 6.45) is 1.58. The molecular weight excluding hydrogens is 145 g/mol. The Bertz CT molecular complexity index is 250. The zero-order chi connectivity index (χ0) is 8.10. The number of hydrogen-bond donors (Lipinski definition) is 0. The number of rotatable bonds is 3. The lowest BCUT2D eigenvalue weighted by molar-refractivity contribution is 0.342. The van der Waals surface area contributed by atoms with E-state index in [2.05, 4.69) is 11.6 Å². The SMILES string of the molecule is C=CCOc1cccc(F)n1. The van der Waals surface area contributed by atoms with Gasteiger partial charge in [0.1, 0.15) is 6.61 Å². The molecule has 1 aromatic heterocycles. The molecule has 1 aromatic rings. The van der Waals surface area contributed by atoms with E-state index in [4.69, 9.17) is 4.74 Å². The minimum Gasteiger partial charge on any atom is -0.473 e. The van der Waals surface area contributed by atoms with Crippen molar-refractivity contribution in [2.75, 3.05) is 6.61 Å². The summed E-state index contributed by atoms with van der Waals surface area (Å²) in [5.41, 5.74) is 0. The van der Waals surface area contributed by atoms with E-state index in [0.717, 1.165) is 0 Å². The second kappa shape index (κ2) is 3.71. The van der Waals surface area contributed by atoms with Crippen molar-refractivity contribution in [3.05, 3.63) is 36.8 Å². The molecule has 0 N–H and O–H groups in total. The van der Waals surface area contributed by atoms with E-state index in [9.17, 15) is 4.39 Å². The van der Waals surface area contributed by atoms with Crippen LogP contribution in [0.3, 0.4) is 0 Å². The van der Waals surface area contributed by atoms with Crippen LogP contribution in [-0.4, -0.2) is 11.6 Å². The molecule has 0 bridgehead atoms. The third-order valence-electron chi connectivity index (χ3n) is 1.04. The monoisotopic (exact) mass is 153 g/mol. The molecule has 0 aliphatic rings. The van der Waals surface area contributed by atoms with Crippen molar-refractivity contribution >= 4 is 0 Å². The van der Waals surface area contributed by atoms with Gasteiger partial charge in [-0.15, -0.1) is 0 Å². The van der Waals surface area contributed by atoms with Crippen LogP contribution >= 0.6 is 0 Å². The first-order valence-electron chi connectivity index (χ1n) is 3.19. The lowest BCUT2D eigenvalue weighted by Crippen LogP contribution is -1.95. The van der Waals surface area contributed by atoms with Gasteiger partial charge >= 0.3 is 0 Å². The van der Waals surface area contributed by atoms with Gasteiger partial charge in [-0.1, -0.05) is 18.7 Å². The summed E-state index contributed by atoms with van der Waals surface area (Å²) in [6, 6.07) is 4.40. The third kappa shape index (κ3) is 2.37. The number of hydrogen-bond acceptors (Lipinski definition) is 2. The Kier molecular flexibility index (Phi) is 2.60. The Morgan fingerprint density at radius 1 is 1.64 bits per heavy atom. The van der Waals surface area contributed by atoms with Crippen molar-refractivity contribution in [3.63, 3.8) is 0 Å². The average molecular weight is 153 g/mol. The maximum absolute atomic E-state index is 12.4. The minimum absolute atomic E-state index is 0.282. The summed E-state index contributed by atoms with van der Waals surface area (Å²) in [5.74, 6) is -0.253. The number of nitrogens with zero attached hydrogens (tertiary/aromatic N) is 1. The molecule has 0 aliphatic carbocycles. The summed E-state index contributed by atoms with van der Waals surface area (Å²) in [5, 5.41) is 0. The topological polar surface area (TPSA) is 22.1 Å². The van der Waals surface area contributed by atoms with Gasteiger partial charge in [-0.3, -0.25) is 0 Å². The quantitative estimate of drug-likeness (QED) is 0.487. The maximum atomic E-state index is 12.4. The van der Waals surface area contributed by atoms with E-state index in [1.807, 2.05) is 0 Å². The fourth-order valence-corrected chi connectivity index (χ4v) is 0.614. The predicted octanol–water partition coefficient (Wildman–Crippen LogP) is 1.79. The van der Waals surface area contributed by atoms with E-state index >= 15 is 0 Å². The van der Waals surface area contributed by atoms with Crippen LogP contribution in [0.1, 0.15) is 0 Å². The first-order valence-corrected chi connectivity index (χ1v) is 3.19. The minimum atomic E-state index is -0.536. The van der Waals surface area contributed by atoms with Gasteiger partial charge in [-0.25, -0.2) is 0 Å². The second-order valence-corrected chi connectivity index (χ2v) is 1.90. The van der Waals surface area contributed by atoms with E-state index < -0.39 is 5.95 Å². The van der Waals surface area contributed by atoms with Crippen LogP contribution in [0.5, 0.6) is 5.88 Å². The van der Waals surface area contributed by atoms with Crippen molar-refractivity contribution in [3.8, 4) is 5.88 Å². The lowest BCUT2D eigenvalue weighted by Gasteiger charge is -1.99. The molecule has 0 unspecified atom stereocenters. The molecule has 0 saturated carbocycles. The number of aromatic nitrogens is 1. The van der Waals surface area contributed by atoms with E-state index in [1.54, 1.807) is 18.2 Å². The van der Waals surface area contributed by atoms with Crippen LogP contribution < -0.4 is 4.74 Å². The van der Waals surface area contributed by atoms with Crippen LogP contribution in [0, 0.1) is 5.95 Å². The molecule has 0 fully saturated rings. The highest BCUT2D eigenvalue weighted by Crippen LogP contribution is 2.05. The Balaban J connectivity index is 2.63. The molecular formula is C8H8FNO. The van der Waals surface area contributed by atoms with Gasteiger partial charge in [0.15, 0.2) is 0 Å². The molecule has 0 amide bonds. The zero-order valence-electron chi connectivity index (χ0n) is 5.96. The molecule has 0 spiro atoms. The van der Waals surface area contributed by atoms with Crippen LogP contribution in [0.4, 0.5) is 4.39 Å². The molecule has 0 aliphatic heterocycles. The van der Waals surface area contributed by atoms with Crippen LogP contribution in [-0.2, 0) is 0 Å². The second-order valence-electron chi connectivity index (χ2n) is 1.90. The smallest absolute Gasteiger partial charge is 0.216 e. The molecule has 1 heterocycles. The highest BCUT2D eigenvalue weighted by Gasteiger charge is 1.94. The largest absolute Gasteiger partial charge is 0.473 e. The Morgan fingerprint density at radius 3 is 3.09 bits per heavy atom. The predicted molar refractivity (Wildman–Crippen MR) is 39.9 cm³/mol. The maximum Gasteiger partial charge on any atom is 0.216 e. The van der Waals surface area contributed by atoms with Gasteiger partial charge in [0.25, 0.3) is 0 Å². The molecule has 2 nitrogen and oxygen atoms in total. The van der Waals surface area contributed by atoms with Crippen molar-refractivity contribution in [1.82, 2.24) is 4.98 Å². The van der Waals surface area contributed by atoms with Gasteiger partial charge in [0.2, 0.25) is 11.8 Å². The van der Waals surface area contributed by atoms with Crippen LogP contribution in [0.2, 0.25) is 0 Å². The zero-order valence-corrected chi connectivity index (χ0v) is 5.96. The highest BCUT2D eigenvalue weighted by molar-refractivity contribution is 5.10. The van der Waals surface area contributed by atoms with Gasteiger partial charge in [0, 0.05) is 6.07 Å². The van der Waals surface area contributed by atoms with Gasteiger partial charge < -0.3 is 4.74 Å². The van der Waals surface area contributed by atoms with E-state index in [-0.39, 0.29) is 5.88 Å². The van der Waals surface area contributed by atoms with Crippen molar-refractivity contribution in [1.29, 1.82) is 0 Å². The van der Waals surface area contributed by atoms with E-state index in [0.29, 0.717) is 6.61 Å². The lowest BCUT2D eigenvalue weighted by atomic mass is 10.5. The number of ether oxygens (including phenoxy) is 1.